The number of esters is 1. The van der Waals surface area contributed by atoms with E-state index < -0.39 is 18.2 Å². The molecule has 0 aromatic heterocycles. The zero-order valence-electron chi connectivity index (χ0n) is 10.8. The number of hydrogen-bond acceptors (Lipinski definition) is 5. The van der Waals surface area contributed by atoms with Gasteiger partial charge in [-0.05, 0) is 19.1 Å². The first kappa shape index (κ1) is 15.9. The van der Waals surface area contributed by atoms with E-state index in [0.29, 0.717) is 11.3 Å². The molecule has 106 valence electrons. The Bertz CT molecular complexity index is 435. The van der Waals surface area contributed by atoms with Gasteiger partial charge in [0.1, 0.15) is 11.9 Å². The third-order valence-corrected chi connectivity index (χ3v) is 3.05. The second kappa shape index (κ2) is 7.47. The summed E-state index contributed by atoms with van der Waals surface area (Å²) in [6.45, 7) is 1.92. The first-order chi connectivity index (χ1) is 8.99. The Balaban J connectivity index is 2.81. The fourth-order valence-electron chi connectivity index (χ4n) is 1.64. The molecular formula is C13H17BrO5. The van der Waals surface area contributed by atoms with Crippen molar-refractivity contribution in [1.29, 1.82) is 0 Å². The van der Waals surface area contributed by atoms with Crippen molar-refractivity contribution in [2.24, 2.45) is 0 Å². The van der Waals surface area contributed by atoms with Gasteiger partial charge >= 0.3 is 5.97 Å². The van der Waals surface area contributed by atoms with Crippen LogP contribution in [-0.4, -0.2) is 36.0 Å². The highest BCUT2D eigenvalue weighted by molar-refractivity contribution is 9.10. The lowest BCUT2D eigenvalue weighted by atomic mass is 10.0. The van der Waals surface area contributed by atoms with Crippen LogP contribution < -0.4 is 4.74 Å². The van der Waals surface area contributed by atoms with Crippen molar-refractivity contribution in [1.82, 2.24) is 0 Å². The van der Waals surface area contributed by atoms with E-state index in [-0.39, 0.29) is 13.0 Å². The summed E-state index contributed by atoms with van der Waals surface area (Å²) in [5.41, 5.74) is 0.419. The maximum Gasteiger partial charge on any atom is 0.308 e. The lowest BCUT2D eigenvalue weighted by molar-refractivity contribution is -0.147. The van der Waals surface area contributed by atoms with E-state index in [2.05, 4.69) is 15.9 Å². The summed E-state index contributed by atoms with van der Waals surface area (Å²) in [7, 11) is 1.47. The summed E-state index contributed by atoms with van der Waals surface area (Å²) in [6, 6.07) is 5.02. The normalized spacial score (nSPS) is 13.7. The molecule has 19 heavy (non-hydrogen) atoms. The Morgan fingerprint density at radius 1 is 1.42 bits per heavy atom. The largest absolute Gasteiger partial charge is 0.496 e. The third kappa shape index (κ3) is 4.49. The summed E-state index contributed by atoms with van der Waals surface area (Å²) in [5, 5.41) is 19.9. The molecule has 0 aliphatic heterocycles. The molecule has 0 heterocycles. The van der Waals surface area contributed by atoms with Gasteiger partial charge in [0.05, 0.1) is 26.2 Å². The fraction of sp³-hybridized carbons (Fsp3) is 0.462. The Labute approximate surface area is 120 Å². The van der Waals surface area contributed by atoms with Crippen LogP contribution in [0, 0.1) is 0 Å². The number of aliphatic hydroxyl groups excluding tert-OH is 2. The summed E-state index contributed by atoms with van der Waals surface area (Å²) in [4.78, 5) is 11.3. The predicted octanol–water partition coefficient (Wildman–Crippen LogP) is 1.81. The number of carbonyl (C=O) groups excluding carboxylic acids is 1. The number of methoxy groups -OCH3 is 1. The van der Waals surface area contributed by atoms with Crippen LogP contribution >= 0.6 is 15.9 Å². The number of carbonyl (C=O) groups is 1. The van der Waals surface area contributed by atoms with Crippen molar-refractivity contribution < 1.29 is 24.5 Å². The average molecular weight is 333 g/mol. The highest BCUT2D eigenvalue weighted by Gasteiger charge is 2.24. The molecule has 1 aromatic carbocycles. The second-order valence-corrected chi connectivity index (χ2v) is 4.82. The van der Waals surface area contributed by atoms with E-state index in [1.807, 2.05) is 0 Å². The molecule has 6 heteroatoms. The van der Waals surface area contributed by atoms with Gasteiger partial charge < -0.3 is 19.7 Å². The lowest BCUT2D eigenvalue weighted by Gasteiger charge is -2.19. The molecule has 5 nitrogen and oxygen atoms in total. The van der Waals surface area contributed by atoms with Gasteiger partial charge in [0.25, 0.3) is 0 Å². The molecule has 2 atom stereocenters. The summed E-state index contributed by atoms with van der Waals surface area (Å²) in [5.74, 6) is -0.116. The summed E-state index contributed by atoms with van der Waals surface area (Å²) < 4.78 is 10.6. The van der Waals surface area contributed by atoms with Gasteiger partial charge in [-0.1, -0.05) is 22.0 Å². The maximum atomic E-state index is 11.3. The van der Waals surface area contributed by atoms with E-state index in [1.165, 1.54) is 7.11 Å². The predicted molar refractivity (Wildman–Crippen MR) is 72.9 cm³/mol. The van der Waals surface area contributed by atoms with Crippen molar-refractivity contribution in [2.45, 2.75) is 25.6 Å². The highest BCUT2D eigenvalue weighted by Crippen LogP contribution is 2.31. The van der Waals surface area contributed by atoms with E-state index in [4.69, 9.17) is 9.47 Å². The van der Waals surface area contributed by atoms with E-state index in [0.717, 1.165) is 4.47 Å². The van der Waals surface area contributed by atoms with Crippen LogP contribution in [0.1, 0.15) is 25.0 Å². The van der Waals surface area contributed by atoms with Crippen LogP contribution in [0.15, 0.2) is 22.7 Å². The monoisotopic (exact) mass is 332 g/mol. The minimum Gasteiger partial charge on any atom is -0.496 e. The second-order valence-electron chi connectivity index (χ2n) is 3.91. The van der Waals surface area contributed by atoms with Gasteiger partial charge in [-0.3, -0.25) is 4.79 Å². The Kier molecular flexibility index (Phi) is 6.27. The topological polar surface area (TPSA) is 76.0 Å². The van der Waals surface area contributed by atoms with Gasteiger partial charge in [-0.15, -0.1) is 0 Å². The molecule has 0 saturated carbocycles. The van der Waals surface area contributed by atoms with Crippen molar-refractivity contribution in [2.75, 3.05) is 13.7 Å². The first-order valence-corrected chi connectivity index (χ1v) is 6.64. The number of ether oxygens (including phenoxy) is 2. The fourth-order valence-corrected chi connectivity index (χ4v) is 1.98. The summed E-state index contributed by atoms with van der Waals surface area (Å²) >= 11 is 3.29. The standard InChI is InChI=1S/C13H17BrO5/c1-3-19-12(16)7-10(15)13(17)9-5-4-8(14)6-11(9)18-2/h4-6,10,13,15,17H,3,7H2,1-2H3. The minimum absolute atomic E-state index is 0.239. The van der Waals surface area contributed by atoms with Gasteiger partial charge in [0, 0.05) is 10.0 Å². The average Bonchev–Trinajstić information content (AvgIpc) is 2.37. The molecule has 0 saturated heterocycles. The molecule has 2 N–H and O–H groups in total. The van der Waals surface area contributed by atoms with Gasteiger partial charge in [-0.25, -0.2) is 0 Å². The zero-order valence-corrected chi connectivity index (χ0v) is 12.4. The first-order valence-electron chi connectivity index (χ1n) is 5.84. The quantitative estimate of drug-likeness (QED) is 0.777. The molecule has 0 aliphatic carbocycles. The number of benzene rings is 1. The van der Waals surface area contributed by atoms with Crippen LogP contribution in [0.25, 0.3) is 0 Å². The van der Waals surface area contributed by atoms with Crippen molar-refractivity contribution >= 4 is 21.9 Å². The number of aliphatic hydroxyl groups is 2. The van der Waals surface area contributed by atoms with Crippen LogP contribution in [0.5, 0.6) is 5.75 Å². The minimum atomic E-state index is -1.24. The molecule has 1 rings (SSSR count). The molecule has 2 unspecified atom stereocenters. The van der Waals surface area contributed by atoms with Gasteiger partial charge in [0.2, 0.25) is 0 Å². The molecule has 0 radical (unpaired) electrons. The molecule has 1 aromatic rings. The van der Waals surface area contributed by atoms with Crippen molar-refractivity contribution in [3.63, 3.8) is 0 Å². The Morgan fingerprint density at radius 2 is 2.11 bits per heavy atom. The summed E-state index contributed by atoms with van der Waals surface area (Å²) in [6.07, 6.45) is -2.73. The van der Waals surface area contributed by atoms with E-state index in [1.54, 1.807) is 25.1 Å². The van der Waals surface area contributed by atoms with Crippen molar-refractivity contribution in [3.8, 4) is 5.75 Å². The Morgan fingerprint density at radius 3 is 2.68 bits per heavy atom. The highest BCUT2D eigenvalue weighted by atomic mass is 79.9. The van der Waals surface area contributed by atoms with Gasteiger partial charge in [0.15, 0.2) is 0 Å². The third-order valence-electron chi connectivity index (χ3n) is 2.56. The molecule has 0 aliphatic rings. The number of hydrogen-bond donors (Lipinski definition) is 2. The van der Waals surface area contributed by atoms with E-state index >= 15 is 0 Å². The van der Waals surface area contributed by atoms with Gasteiger partial charge in [-0.2, -0.15) is 0 Å². The maximum absolute atomic E-state index is 11.3. The molecule has 0 amide bonds. The molecule has 0 fully saturated rings. The molecular weight excluding hydrogens is 316 g/mol. The van der Waals surface area contributed by atoms with E-state index in [9.17, 15) is 15.0 Å². The lowest BCUT2D eigenvalue weighted by Crippen LogP contribution is -2.23. The molecule has 0 bridgehead atoms. The number of rotatable bonds is 6. The molecule has 0 spiro atoms. The zero-order chi connectivity index (χ0) is 14.4. The van der Waals surface area contributed by atoms with Crippen LogP contribution in [0.3, 0.4) is 0 Å². The van der Waals surface area contributed by atoms with Crippen LogP contribution in [-0.2, 0) is 9.53 Å². The van der Waals surface area contributed by atoms with Crippen LogP contribution in [0.4, 0.5) is 0 Å². The number of halogens is 1. The SMILES string of the molecule is CCOC(=O)CC(O)C(O)c1ccc(Br)cc1OC. The van der Waals surface area contributed by atoms with Crippen molar-refractivity contribution in [3.05, 3.63) is 28.2 Å². The Hall–Kier alpha value is -1.11. The smallest absolute Gasteiger partial charge is 0.308 e. The van der Waals surface area contributed by atoms with Crippen LogP contribution in [0.2, 0.25) is 0 Å².